The summed E-state index contributed by atoms with van der Waals surface area (Å²) in [4.78, 5) is 38.3. The lowest BCUT2D eigenvalue weighted by Crippen LogP contribution is -2.31. The maximum atomic E-state index is 12.5. The molecule has 10 heteroatoms. The fraction of sp³-hybridized carbons (Fsp3) is 0.148. The third-order valence-corrected chi connectivity index (χ3v) is 5.17. The van der Waals surface area contributed by atoms with Gasteiger partial charge >= 0.3 is 0 Å². The average molecular weight is 502 g/mol. The molecule has 0 bridgehead atoms. The Bertz CT molecular complexity index is 1300. The monoisotopic (exact) mass is 501 g/mol. The van der Waals surface area contributed by atoms with E-state index in [9.17, 15) is 14.4 Å². The van der Waals surface area contributed by atoms with Crippen molar-refractivity contribution in [3.63, 3.8) is 0 Å². The van der Waals surface area contributed by atoms with Crippen molar-refractivity contribution in [3.8, 4) is 11.5 Å². The van der Waals surface area contributed by atoms with Gasteiger partial charge in [-0.25, -0.2) is 10.9 Å². The number of hydrogen-bond acceptors (Lipinski definition) is 7. The molecule has 37 heavy (non-hydrogen) atoms. The Hall–Kier alpha value is -4.99. The van der Waals surface area contributed by atoms with E-state index in [1.807, 2.05) is 18.2 Å². The van der Waals surface area contributed by atoms with Crippen LogP contribution in [-0.2, 0) is 9.59 Å². The van der Waals surface area contributed by atoms with Crippen LogP contribution in [0, 0.1) is 0 Å². The van der Waals surface area contributed by atoms with E-state index >= 15 is 0 Å². The molecule has 0 unspecified atom stereocenters. The number of ether oxygens (including phenoxy) is 2. The van der Waals surface area contributed by atoms with Crippen LogP contribution in [0.2, 0.25) is 0 Å². The lowest BCUT2D eigenvalue weighted by atomic mass is 10.2. The SMILES string of the molecule is COc1cccc(C=NNC(=O)CC(=O)N(C)c2ccc(C(=O)NN=Cc3cccc(OC)c3)cc2)c1. The number of anilines is 1. The molecular formula is C27H27N5O5. The van der Waals surface area contributed by atoms with Crippen molar-refractivity contribution in [1.29, 1.82) is 0 Å². The van der Waals surface area contributed by atoms with E-state index < -0.39 is 24.1 Å². The minimum atomic E-state index is -0.555. The Kier molecular flexibility index (Phi) is 9.49. The summed E-state index contributed by atoms with van der Waals surface area (Å²) in [5, 5.41) is 7.83. The number of nitrogens with one attached hydrogen (secondary N) is 2. The minimum Gasteiger partial charge on any atom is -0.497 e. The molecule has 0 fully saturated rings. The number of carbonyl (C=O) groups is 3. The van der Waals surface area contributed by atoms with Crippen molar-refractivity contribution < 1.29 is 23.9 Å². The van der Waals surface area contributed by atoms with Gasteiger partial charge in [0.1, 0.15) is 17.9 Å². The Morgan fingerprint density at radius 3 is 1.89 bits per heavy atom. The largest absolute Gasteiger partial charge is 0.497 e. The van der Waals surface area contributed by atoms with E-state index in [2.05, 4.69) is 21.1 Å². The van der Waals surface area contributed by atoms with Crippen LogP contribution in [0.3, 0.4) is 0 Å². The summed E-state index contributed by atoms with van der Waals surface area (Å²) in [6, 6.07) is 20.7. The third kappa shape index (κ3) is 8.03. The number of methoxy groups -OCH3 is 2. The molecule has 0 aliphatic rings. The number of benzene rings is 3. The fourth-order valence-corrected chi connectivity index (χ4v) is 3.13. The molecule has 2 N–H and O–H groups in total. The summed E-state index contributed by atoms with van der Waals surface area (Å²) >= 11 is 0. The van der Waals surface area contributed by atoms with Crippen molar-refractivity contribution in [2.75, 3.05) is 26.2 Å². The lowest BCUT2D eigenvalue weighted by molar-refractivity contribution is -0.127. The molecule has 190 valence electrons. The van der Waals surface area contributed by atoms with Crippen molar-refractivity contribution >= 4 is 35.8 Å². The van der Waals surface area contributed by atoms with E-state index in [0.717, 1.165) is 11.1 Å². The molecule has 0 heterocycles. The highest BCUT2D eigenvalue weighted by Gasteiger charge is 2.16. The fourth-order valence-electron chi connectivity index (χ4n) is 3.13. The second-order valence-electron chi connectivity index (χ2n) is 7.72. The van der Waals surface area contributed by atoms with E-state index in [1.165, 1.54) is 17.3 Å². The van der Waals surface area contributed by atoms with E-state index in [1.54, 1.807) is 75.9 Å². The highest BCUT2D eigenvalue weighted by atomic mass is 16.5. The molecule has 0 saturated heterocycles. The molecule has 0 aliphatic heterocycles. The number of hydrogen-bond donors (Lipinski definition) is 2. The summed E-state index contributed by atoms with van der Waals surface area (Å²) in [5.41, 5.74) is 7.18. The Morgan fingerprint density at radius 2 is 1.35 bits per heavy atom. The van der Waals surface area contributed by atoms with Gasteiger partial charge in [-0.3, -0.25) is 14.4 Å². The van der Waals surface area contributed by atoms with Gasteiger partial charge in [0.25, 0.3) is 5.91 Å². The molecule has 0 saturated carbocycles. The molecule has 3 amide bonds. The Labute approximate surface area is 214 Å². The molecule has 3 aromatic rings. The first kappa shape index (κ1) is 26.6. The van der Waals surface area contributed by atoms with Gasteiger partial charge in [0.15, 0.2) is 0 Å². The molecular weight excluding hydrogens is 474 g/mol. The molecule has 3 rings (SSSR count). The first-order chi connectivity index (χ1) is 17.9. The van der Waals surface area contributed by atoms with Gasteiger partial charge < -0.3 is 14.4 Å². The van der Waals surface area contributed by atoms with E-state index in [4.69, 9.17) is 9.47 Å². The van der Waals surface area contributed by atoms with E-state index in [-0.39, 0.29) is 0 Å². The van der Waals surface area contributed by atoms with Gasteiger partial charge in [-0.05, 0) is 59.7 Å². The molecule has 0 aromatic heterocycles. The second kappa shape index (κ2) is 13.2. The van der Waals surface area contributed by atoms with Crippen LogP contribution in [0.15, 0.2) is 83.0 Å². The molecule has 0 radical (unpaired) electrons. The summed E-state index contributed by atoms with van der Waals surface area (Å²) in [6.45, 7) is 0. The molecule has 0 spiro atoms. The molecule has 0 aliphatic carbocycles. The quantitative estimate of drug-likeness (QED) is 0.251. The van der Waals surface area contributed by atoms with Crippen molar-refractivity contribution in [2.45, 2.75) is 6.42 Å². The highest BCUT2D eigenvalue weighted by molar-refractivity contribution is 6.05. The van der Waals surface area contributed by atoms with Crippen LogP contribution in [0.25, 0.3) is 0 Å². The first-order valence-electron chi connectivity index (χ1n) is 11.2. The normalized spacial score (nSPS) is 10.8. The van der Waals surface area contributed by atoms with Gasteiger partial charge in [0.05, 0.1) is 26.6 Å². The zero-order chi connectivity index (χ0) is 26.6. The Morgan fingerprint density at radius 1 is 0.811 bits per heavy atom. The van der Waals surface area contributed by atoms with Crippen molar-refractivity contribution in [3.05, 3.63) is 89.5 Å². The van der Waals surface area contributed by atoms with Gasteiger partial charge in [-0.15, -0.1) is 0 Å². The first-order valence-corrected chi connectivity index (χ1v) is 11.2. The summed E-state index contributed by atoms with van der Waals surface area (Å²) < 4.78 is 10.3. The Balaban J connectivity index is 1.49. The van der Waals surface area contributed by atoms with E-state index in [0.29, 0.717) is 22.7 Å². The second-order valence-corrected chi connectivity index (χ2v) is 7.72. The average Bonchev–Trinajstić information content (AvgIpc) is 2.92. The molecule has 10 nitrogen and oxygen atoms in total. The summed E-state index contributed by atoms with van der Waals surface area (Å²) in [7, 11) is 4.67. The maximum Gasteiger partial charge on any atom is 0.271 e. The van der Waals surface area contributed by atoms with Crippen LogP contribution < -0.4 is 25.2 Å². The van der Waals surface area contributed by atoms with Crippen LogP contribution in [0.5, 0.6) is 11.5 Å². The topological polar surface area (TPSA) is 122 Å². The zero-order valence-corrected chi connectivity index (χ0v) is 20.7. The van der Waals surface area contributed by atoms with Crippen LogP contribution in [-0.4, -0.2) is 51.4 Å². The van der Waals surface area contributed by atoms with Crippen LogP contribution >= 0.6 is 0 Å². The molecule has 0 atom stereocenters. The number of carbonyl (C=O) groups excluding carboxylic acids is 3. The standard InChI is InChI=1S/C27H27N5O5/c1-32(26(34)16-25(33)30-28-17-19-6-4-8-23(14-19)36-2)22-12-10-21(11-13-22)27(35)31-29-18-20-7-5-9-24(15-20)37-3/h4-15,17-18H,16H2,1-3H3,(H,30,33)(H,31,35). The third-order valence-electron chi connectivity index (χ3n) is 5.17. The van der Waals surface area contributed by atoms with Gasteiger partial charge in [-0.2, -0.15) is 10.2 Å². The number of hydrazone groups is 2. The zero-order valence-electron chi connectivity index (χ0n) is 20.7. The van der Waals surface area contributed by atoms with Crippen molar-refractivity contribution in [2.24, 2.45) is 10.2 Å². The number of rotatable bonds is 10. The van der Waals surface area contributed by atoms with Gasteiger partial charge in [0.2, 0.25) is 11.8 Å². The number of amides is 3. The lowest BCUT2D eigenvalue weighted by Gasteiger charge is -2.17. The van der Waals surface area contributed by atoms with Crippen LogP contribution in [0.4, 0.5) is 5.69 Å². The smallest absolute Gasteiger partial charge is 0.271 e. The van der Waals surface area contributed by atoms with Gasteiger partial charge in [-0.1, -0.05) is 24.3 Å². The van der Waals surface area contributed by atoms with Crippen LogP contribution in [0.1, 0.15) is 27.9 Å². The van der Waals surface area contributed by atoms with Crippen molar-refractivity contribution in [1.82, 2.24) is 10.9 Å². The van der Waals surface area contributed by atoms with Gasteiger partial charge in [0, 0.05) is 18.3 Å². The maximum absolute atomic E-state index is 12.5. The summed E-state index contributed by atoms with van der Waals surface area (Å²) in [6.07, 6.45) is 2.57. The predicted octanol–water partition coefficient (Wildman–Crippen LogP) is 2.97. The summed E-state index contributed by atoms with van der Waals surface area (Å²) in [5.74, 6) is -0.0532. The predicted molar refractivity (Wildman–Crippen MR) is 141 cm³/mol. The minimum absolute atomic E-state index is 0.358. The molecule has 3 aromatic carbocycles. The highest BCUT2D eigenvalue weighted by Crippen LogP contribution is 2.15. The number of nitrogens with zero attached hydrogens (tertiary/aromatic N) is 3.